The van der Waals surface area contributed by atoms with Gasteiger partial charge in [-0.1, -0.05) is 17.5 Å². The van der Waals surface area contributed by atoms with Crippen molar-refractivity contribution in [2.45, 2.75) is 37.7 Å². The zero-order valence-corrected chi connectivity index (χ0v) is 13.9. The predicted octanol–water partition coefficient (Wildman–Crippen LogP) is 2.93. The summed E-state index contributed by atoms with van der Waals surface area (Å²) in [7, 11) is 1.50. The Hall–Kier alpha value is -1.54. The van der Waals surface area contributed by atoms with Crippen LogP contribution in [0.15, 0.2) is 12.1 Å². The summed E-state index contributed by atoms with van der Waals surface area (Å²) in [5, 5.41) is 10.9. The van der Waals surface area contributed by atoms with Crippen LogP contribution in [-0.4, -0.2) is 37.3 Å². The average molecular weight is 337 g/mol. The molecule has 1 N–H and O–H groups in total. The van der Waals surface area contributed by atoms with Gasteiger partial charge >= 0.3 is 0 Å². The molecule has 1 aromatic carbocycles. The van der Waals surface area contributed by atoms with Crippen LogP contribution in [0.1, 0.15) is 42.7 Å². The smallest absolute Gasteiger partial charge is 0.143 e. The maximum absolute atomic E-state index is 12.6. The van der Waals surface area contributed by atoms with E-state index in [1.54, 1.807) is 12.1 Å². The Morgan fingerprint density at radius 2 is 2.13 bits per heavy atom. The van der Waals surface area contributed by atoms with E-state index in [2.05, 4.69) is 5.92 Å². The van der Waals surface area contributed by atoms with Crippen LogP contribution in [0.4, 0.5) is 0 Å². The highest BCUT2D eigenvalue weighted by Gasteiger charge is 2.32. The Balaban J connectivity index is 2.45. The lowest BCUT2D eigenvalue weighted by Crippen LogP contribution is -2.28. The molecule has 23 heavy (non-hydrogen) atoms. The van der Waals surface area contributed by atoms with Gasteiger partial charge in [0, 0.05) is 35.8 Å². The lowest BCUT2D eigenvalue weighted by molar-refractivity contribution is -0.123. The number of carbonyl (C=O) groups is 1. The molecule has 0 saturated carbocycles. The molecule has 0 bridgehead atoms. The number of terminal acetylenes is 1. The van der Waals surface area contributed by atoms with Crippen molar-refractivity contribution in [1.82, 2.24) is 0 Å². The molecule has 2 unspecified atom stereocenters. The molecule has 5 heteroatoms. The molecular weight excluding hydrogens is 316 g/mol. The summed E-state index contributed by atoms with van der Waals surface area (Å²) in [4.78, 5) is 12.6. The first kappa shape index (κ1) is 17.8. The van der Waals surface area contributed by atoms with Crippen molar-refractivity contribution in [2.75, 3.05) is 20.3 Å². The van der Waals surface area contributed by atoms with Crippen LogP contribution >= 0.6 is 11.6 Å². The maximum atomic E-state index is 12.6. The van der Waals surface area contributed by atoms with Gasteiger partial charge in [-0.2, -0.15) is 0 Å². The second-order valence-corrected chi connectivity index (χ2v) is 6.00. The average Bonchev–Trinajstić information content (AvgIpc) is 2.54. The third-order valence-corrected chi connectivity index (χ3v) is 4.33. The topological polar surface area (TPSA) is 55.8 Å². The van der Waals surface area contributed by atoms with Crippen molar-refractivity contribution in [3.8, 4) is 18.1 Å². The molecule has 1 aromatic rings. The number of ketones is 1. The maximum Gasteiger partial charge on any atom is 0.143 e. The second kappa shape index (κ2) is 8.35. The van der Waals surface area contributed by atoms with Gasteiger partial charge in [0.1, 0.15) is 11.5 Å². The number of rotatable bonds is 2. The van der Waals surface area contributed by atoms with E-state index in [1.165, 1.54) is 7.11 Å². The van der Waals surface area contributed by atoms with Gasteiger partial charge in [-0.15, -0.1) is 6.42 Å². The van der Waals surface area contributed by atoms with E-state index >= 15 is 0 Å². The van der Waals surface area contributed by atoms with E-state index in [-0.39, 0.29) is 5.78 Å². The number of aliphatic hydroxyl groups is 1. The fourth-order valence-electron chi connectivity index (χ4n) is 2.88. The first-order valence-corrected chi connectivity index (χ1v) is 8.08. The van der Waals surface area contributed by atoms with Gasteiger partial charge in [0.05, 0.1) is 19.1 Å². The zero-order valence-electron chi connectivity index (χ0n) is 13.2. The molecule has 1 heterocycles. The minimum Gasteiger partial charge on any atom is -0.496 e. The van der Waals surface area contributed by atoms with Gasteiger partial charge in [-0.25, -0.2) is 0 Å². The monoisotopic (exact) mass is 336 g/mol. The van der Waals surface area contributed by atoms with Crippen LogP contribution in [0, 0.1) is 12.3 Å². The van der Waals surface area contributed by atoms with Gasteiger partial charge in [-0.05, 0) is 31.4 Å². The zero-order chi connectivity index (χ0) is 16.8. The number of carbonyl (C=O) groups excluding carboxylic acids is 1. The largest absolute Gasteiger partial charge is 0.496 e. The first-order valence-electron chi connectivity index (χ1n) is 7.71. The lowest BCUT2D eigenvalue weighted by Gasteiger charge is -2.26. The fraction of sp³-hybridized carbons (Fsp3) is 0.500. The van der Waals surface area contributed by atoms with Crippen molar-refractivity contribution in [1.29, 1.82) is 0 Å². The highest BCUT2D eigenvalue weighted by atomic mass is 35.5. The van der Waals surface area contributed by atoms with E-state index in [4.69, 9.17) is 27.5 Å². The van der Waals surface area contributed by atoms with Gasteiger partial charge < -0.3 is 14.6 Å². The number of Topliss-reactive ketones (excluding diaryl/α,β-unsaturated/α-hetero) is 1. The van der Waals surface area contributed by atoms with Crippen LogP contribution in [-0.2, 0) is 9.53 Å². The Morgan fingerprint density at radius 3 is 2.83 bits per heavy atom. The SMILES string of the molecule is C#Cc1cc(Cl)c(C2C(=O)CCCOCCCC2O)c(OC)c1. The van der Waals surface area contributed by atoms with Crippen molar-refractivity contribution < 1.29 is 19.4 Å². The van der Waals surface area contributed by atoms with Crippen LogP contribution in [0.2, 0.25) is 5.02 Å². The Bertz CT molecular complexity index is 606. The summed E-state index contributed by atoms with van der Waals surface area (Å²) < 4.78 is 10.8. The lowest BCUT2D eigenvalue weighted by atomic mass is 9.84. The van der Waals surface area contributed by atoms with Gasteiger partial charge in [-0.3, -0.25) is 4.79 Å². The molecule has 2 rings (SSSR count). The summed E-state index contributed by atoms with van der Waals surface area (Å²) in [6, 6.07) is 3.30. The van der Waals surface area contributed by atoms with Gasteiger partial charge in [0.25, 0.3) is 0 Å². The van der Waals surface area contributed by atoms with Crippen LogP contribution in [0.25, 0.3) is 0 Å². The molecule has 1 fully saturated rings. The fourth-order valence-corrected chi connectivity index (χ4v) is 3.21. The third kappa shape index (κ3) is 4.26. The normalized spacial score (nSPS) is 23.1. The van der Waals surface area contributed by atoms with Gasteiger partial charge in [0.15, 0.2) is 0 Å². The molecule has 1 aliphatic rings. The Morgan fingerprint density at radius 1 is 1.39 bits per heavy atom. The second-order valence-electron chi connectivity index (χ2n) is 5.59. The van der Waals surface area contributed by atoms with Crippen molar-refractivity contribution in [3.63, 3.8) is 0 Å². The standard InChI is InChI=1S/C18H21ClO4/c1-3-12-10-13(19)17(16(11-12)22-2)18-14(20)6-4-8-23-9-5-7-15(18)21/h1,10-11,14,18,20H,4-9H2,2H3. The predicted molar refractivity (Wildman–Crippen MR) is 89.0 cm³/mol. The molecule has 1 saturated heterocycles. The summed E-state index contributed by atoms with van der Waals surface area (Å²) in [6.07, 6.45) is 6.70. The van der Waals surface area contributed by atoms with Crippen molar-refractivity contribution in [3.05, 3.63) is 28.3 Å². The molecular formula is C18H21ClO4. The number of aliphatic hydroxyl groups excluding tert-OH is 1. The van der Waals surface area contributed by atoms with Crippen LogP contribution < -0.4 is 4.74 Å². The molecule has 4 nitrogen and oxygen atoms in total. The Labute approximate surface area is 141 Å². The molecule has 0 aliphatic carbocycles. The summed E-state index contributed by atoms with van der Waals surface area (Å²) in [5.41, 5.74) is 1.10. The molecule has 2 atom stereocenters. The van der Waals surface area contributed by atoms with Crippen LogP contribution in [0.5, 0.6) is 5.75 Å². The van der Waals surface area contributed by atoms with Gasteiger partial charge in [0.2, 0.25) is 0 Å². The van der Waals surface area contributed by atoms with E-state index < -0.39 is 12.0 Å². The number of ether oxygens (including phenoxy) is 2. The summed E-state index contributed by atoms with van der Waals surface area (Å²) >= 11 is 6.36. The third-order valence-electron chi connectivity index (χ3n) is 4.02. The molecule has 0 radical (unpaired) electrons. The molecule has 1 aliphatic heterocycles. The minimum absolute atomic E-state index is 0.0587. The summed E-state index contributed by atoms with van der Waals surface area (Å²) in [5.74, 6) is 2.18. The van der Waals surface area contributed by atoms with E-state index in [1.807, 2.05) is 0 Å². The van der Waals surface area contributed by atoms with Crippen LogP contribution in [0.3, 0.4) is 0 Å². The van der Waals surface area contributed by atoms with E-state index in [0.29, 0.717) is 60.8 Å². The molecule has 0 spiro atoms. The highest BCUT2D eigenvalue weighted by Crippen LogP contribution is 2.39. The number of hydrogen-bond acceptors (Lipinski definition) is 4. The van der Waals surface area contributed by atoms with Crippen molar-refractivity contribution in [2.24, 2.45) is 0 Å². The molecule has 0 aromatic heterocycles. The minimum atomic E-state index is -0.827. The van der Waals surface area contributed by atoms with Crippen molar-refractivity contribution >= 4 is 17.4 Å². The number of halogens is 1. The van der Waals surface area contributed by atoms with E-state index in [9.17, 15) is 9.90 Å². The number of hydrogen-bond donors (Lipinski definition) is 1. The molecule has 0 amide bonds. The molecule has 124 valence electrons. The highest BCUT2D eigenvalue weighted by molar-refractivity contribution is 6.32. The van der Waals surface area contributed by atoms with E-state index in [0.717, 1.165) is 0 Å². The number of benzene rings is 1. The quantitative estimate of drug-likeness (QED) is 0.844. The Kier molecular flexibility index (Phi) is 6.47. The number of methoxy groups -OCH3 is 1. The summed E-state index contributed by atoms with van der Waals surface area (Å²) in [6.45, 7) is 1.13. The first-order chi connectivity index (χ1) is 11.1.